The first-order valence-corrected chi connectivity index (χ1v) is 9.02. The zero-order valence-corrected chi connectivity index (χ0v) is 17.1. The second kappa shape index (κ2) is 7.92. The Labute approximate surface area is 170 Å². The van der Waals surface area contributed by atoms with Crippen molar-refractivity contribution in [2.75, 3.05) is 6.54 Å². The van der Waals surface area contributed by atoms with Crippen LogP contribution in [0, 0.1) is 0 Å². The van der Waals surface area contributed by atoms with Gasteiger partial charge in [-0.05, 0) is 56.9 Å². The lowest BCUT2D eigenvalue weighted by molar-refractivity contribution is -0.143. The molecule has 0 unspecified atom stereocenters. The van der Waals surface area contributed by atoms with Crippen LogP contribution in [-0.4, -0.2) is 30.8 Å². The summed E-state index contributed by atoms with van der Waals surface area (Å²) in [5.41, 5.74) is -4.62. The van der Waals surface area contributed by atoms with Crippen molar-refractivity contribution in [1.29, 1.82) is 0 Å². The molecule has 1 saturated heterocycles. The number of rotatable bonds is 4. The smallest absolute Gasteiger partial charge is 0.400 e. The van der Waals surface area contributed by atoms with E-state index in [0.717, 1.165) is 6.08 Å². The molecule has 11 heteroatoms. The highest BCUT2D eigenvalue weighted by molar-refractivity contribution is 6.56. The zero-order valence-electron chi connectivity index (χ0n) is 17.1. The monoisotopic (exact) mass is 437 g/mol. The Morgan fingerprint density at radius 2 is 1.40 bits per heavy atom. The van der Waals surface area contributed by atoms with E-state index in [9.17, 15) is 31.1 Å². The number of hydrogen-bond donors (Lipinski definition) is 1. The van der Waals surface area contributed by atoms with Gasteiger partial charge in [0.1, 0.15) is 0 Å². The first-order valence-electron chi connectivity index (χ1n) is 9.02. The van der Waals surface area contributed by atoms with E-state index in [-0.39, 0.29) is 23.6 Å². The van der Waals surface area contributed by atoms with Crippen molar-refractivity contribution in [2.24, 2.45) is 0 Å². The minimum atomic E-state index is -4.97. The lowest BCUT2D eigenvalue weighted by Crippen LogP contribution is -2.41. The molecule has 0 radical (unpaired) electrons. The average molecular weight is 437 g/mol. The van der Waals surface area contributed by atoms with Crippen molar-refractivity contribution >= 4 is 19.1 Å². The van der Waals surface area contributed by atoms with Crippen LogP contribution in [0.25, 0.3) is 6.08 Å². The number of nitrogens with one attached hydrogen (secondary N) is 1. The number of hydrogen-bond acceptors (Lipinski definition) is 3. The van der Waals surface area contributed by atoms with Crippen LogP contribution >= 0.6 is 0 Å². The van der Waals surface area contributed by atoms with Crippen LogP contribution in [0.5, 0.6) is 0 Å². The molecule has 30 heavy (non-hydrogen) atoms. The summed E-state index contributed by atoms with van der Waals surface area (Å²) in [6.45, 7) is 8.03. The molecule has 1 fully saturated rings. The van der Waals surface area contributed by atoms with Gasteiger partial charge in [-0.2, -0.15) is 26.3 Å². The summed E-state index contributed by atoms with van der Waals surface area (Å²) in [5.74, 6) is -0.433. The number of benzene rings is 1. The highest BCUT2D eigenvalue weighted by Gasteiger charge is 2.52. The third-order valence-electron chi connectivity index (χ3n) is 5.06. The quantitative estimate of drug-likeness (QED) is 0.540. The number of amides is 1. The number of carbonyl (C=O) groups is 1. The maximum absolute atomic E-state index is 13.1. The molecule has 0 aliphatic carbocycles. The minimum Gasteiger partial charge on any atom is -0.400 e. The molecule has 2 rings (SSSR count). The van der Waals surface area contributed by atoms with E-state index in [4.69, 9.17) is 9.31 Å². The van der Waals surface area contributed by atoms with E-state index in [1.54, 1.807) is 27.7 Å². The molecule has 166 valence electrons. The van der Waals surface area contributed by atoms with Gasteiger partial charge >= 0.3 is 19.5 Å². The molecule has 1 amide bonds. The predicted molar refractivity (Wildman–Crippen MR) is 99.2 cm³/mol. The highest BCUT2D eigenvalue weighted by atomic mass is 19.4. The highest BCUT2D eigenvalue weighted by Crippen LogP contribution is 2.40. The van der Waals surface area contributed by atoms with Crippen molar-refractivity contribution in [3.63, 3.8) is 0 Å². The van der Waals surface area contributed by atoms with Gasteiger partial charge in [-0.3, -0.25) is 4.79 Å². The summed E-state index contributed by atoms with van der Waals surface area (Å²) in [6, 6.07) is 1.27. The van der Waals surface area contributed by atoms with Crippen molar-refractivity contribution in [1.82, 2.24) is 5.32 Å². The number of alkyl halides is 6. The van der Waals surface area contributed by atoms with Crippen molar-refractivity contribution < 1.29 is 40.4 Å². The fraction of sp³-hybridized carbons (Fsp3) is 0.526. The van der Waals surface area contributed by atoms with Crippen LogP contribution in [0.1, 0.15) is 51.3 Å². The Balaban J connectivity index is 2.56. The van der Waals surface area contributed by atoms with Crippen LogP contribution in [0.3, 0.4) is 0 Å². The van der Waals surface area contributed by atoms with E-state index in [1.165, 1.54) is 6.92 Å². The third kappa shape index (κ3) is 5.57. The van der Waals surface area contributed by atoms with Crippen LogP contribution in [0.15, 0.2) is 23.7 Å². The van der Waals surface area contributed by atoms with Crippen LogP contribution in [0.4, 0.5) is 26.3 Å². The molecular formula is C19H22BF6NO3. The van der Waals surface area contributed by atoms with Crippen LogP contribution < -0.4 is 5.32 Å². The Kier molecular flexibility index (Phi) is 6.41. The van der Waals surface area contributed by atoms with Crippen molar-refractivity contribution in [3.8, 4) is 0 Å². The summed E-state index contributed by atoms with van der Waals surface area (Å²) >= 11 is 0. The standard InChI is InChI=1S/C19H22BF6NO3/c1-11(28)27-10-15(20-29-16(2,3)17(4,5)30-20)8-12-6-13(18(21,22)23)9-14(7-12)19(24,25)26/h6-9H,10H2,1-5H3,(H,27,28). The predicted octanol–water partition coefficient (Wildman–Crippen LogP) is 4.88. The molecule has 1 aromatic rings. The van der Waals surface area contributed by atoms with Crippen molar-refractivity contribution in [3.05, 3.63) is 40.4 Å². The van der Waals surface area contributed by atoms with Gasteiger partial charge in [0.2, 0.25) is 5.91 Å². The molecular weight excluding hydrogens is 415 g/mol. The molecule has 0 saturated carbocycles. The van der Waals surface area contributed by atoms with Gasteiger partial charge in [0, 0.05) is 13.5 Å². The Hall–Kier alpha value is -2.01. The van der Waals surface area contributed by atoms with Gasteiger partial charge in [0.15, 0.2) is 0 Å². The van der Waals surface area contributed by atoms with Gasteiger partial charge in [-0.15, -0.1) is 0 Å². The van der Waals surface area contributed by atoms with E-state index < -0.39 is 47.7 Å². The lowest BCUT2D eigenvalue weighted by atomic mass is 9.76. The molecule has 1 N–H and O–H groups in total. The molecule has 0 bridgehead atoms. The maximum atomic E-state index is 13.1. The van der Waals surface area contributed by atoms with Gasteiger partial charge in [-0.25, -0.2) is 0 Å². The summed E-state index contributed by atoms with van der Waals surface area (Å²) < 4.78 is 90.5. The fourth-order valence-electron chi connectivity index (χ4n) is 2.70. The molecule has 0 spiro atoms. The van der Waals surface area contributed by atoms with E-state index in [2.05, 4.69) is 5.32 Å². The summed E-state index contributed by atoms with van der Waals surface area (Å²) in [4.78, 5) is 11.3. The minimum absolute atomic E-state index is 0.0552. The summed E-state index contributed by atoms with van der Waals surface area (Å²) in [6.07, 6.45) is -8.82. The van der Waals surface area contributed by atoms with Crippen LogP contribution in [-0.2, 0) is 26.5 Å². The normalized spacial score (nSPS) is 19.2. The maximum Gasteiger partial charge on any atom is 0.492 e. The average Bonchev–Trinajstić information content (AvgIpc) is 2.77. The first kappa shape index (κ1) is 24.3. The second-order valence-corrected chi connectivity index (χ2v) is 8.06. The molecule has 4 nitrogen and oxygen atoms in total. The Bertz CT molecular complexity index is 797. The molecule has 0 aromatic heterocycles. The largest absolute Gasteiger partial charge is 0.492 e. The van der Waals surface area contributed by atoms with Crippen LogP contribution in [0.2, 0.25) is 0 Å². The number of halogens is 6. The molecule has 0 atom stereocenters. The van der Waals surface area contributed by atoms with E-state index in [0.29, 0.717) is 12.1 Å². The molecule has 1 heterocycles. The van der Waals surface area contributed by atoms with Crippen molar-refractivity contribution in [2.45, 2.75) is 58.2 Å². The SMILES string of the molecule is CC(=O)NCC(=Cc1cc(C(F)(F)F)cc(C(F)(F)F)c1)B1OC(C)(C)C(C)(C)O1. The molecule has 1 aliphatic heterocycles. The topological polar surface area (TPSA) is 47.6 Å². The molecule has 1 aliphatic rings. The third-order valence-corrected chi connectivity index (χ3v) is 5.06. The lowest BCUT2D eigenvalue weighted by Gasteiger charge is -2.32. The summed E-state index contributed by atoms with van der Waals surface area (Å²) in [5, 5.41) is 2.48. The Morgan fingerprint density at radius 3 is 1.77 bits per heavy atom. The molecule has 1 aromatic carbocycles. The Morgan fingerprint density at radius 1 is 0.967 bits per heavy atom. The summed E-state index contributed by atoms with van der Waals surface area (Å²) in [7, 11) is -1.06. The van der Waals surface area contributed by atoms with Gasteiger partial charge in [0.25, 0.3) is 0 Å². The van der Waals surface area contributed by atoms with Gasteiger partial charge in [-0.1, -0.05) is 6.08 Å². The fourth-order valence-corrected chi connectivity index (χ4v) is 2.70. The second-order valence-electron chi connectivity index (χ2n) is 8.06. The van der Waals surface area contributed by atoms with E-state index in [1.807, 2.05) is 0 Å². The van der Waals surface area contributed by atoms with E-state index >= 15 is 0 Å². The van der Waals surface area contributed by atoms with Gasteiger partial charge in [0.05, 0.1) is 22.3 Å². The number of carbonyl (C=O) groups excluding carboxylic acids is 1. The first-order chi connectivity index (χ1) is 13.4. The van der Waals surface area contributed by atoms with Gasteiger partial charge < -0.3 is 14.6 Å². The zero-order chi connectivity index (χ0) is 23.1.